The Morgan fingerprint density at radius 3 is 2.78 bits per heavy atom. The summed E-state index contributed by atoms with van der Waals surface area (Å²) in [7, 11) is 0. The van der Waals surface area contributed by atoms with Crippen LogP contribution < -0.4 is 5.32 Å². The Morgan fingerprint density at radius 2 is 2.09 bits per heavy atom. The number of piperidine rings is 1. The fourth-order valence-electron chi connectivity index (χ4n) is 3.08. The van der Waals surface area contributed by atoms with Crippen LogP contribution in [-0.4, -0.2) is 46.2 Å². The number of rotatable bonds is 4. The predicted molar refractivity (Wildman–Crippen MR) is 78.5 cm³/mol. The highest BCUT2D eigenvalue weighted by molar-refractivity contribution is 6.08. The van der Waals surface area contributed by atoms with Gasteiger partial charge in [0.25, 0.3) is 5.91 Å². The highest BCUT2D eigenvalue weighted by Crippen LogP contribution is 2.30. The topological polar surface area (TPSA) is 104 Å². The van der Waals surface area contributed by atoms with Crippen molar-refractivity contribution in [3.05, 3.63) is 34.9 Å². The molecule has 0 bridgehead atoms. The molecule has 0 aliphatic carbocycles. The van der Waals surface area contributed by atoms with Crippen molar-refractivity contribution in [2.24, 2.45) is 0 Å². The van der Waals surface area contributed by atoms with E-state index in [2.05, 4.69) is 5.32 Å². The number of benzene rings is 1. The molecule has 2 heterocycles. The van der Waals surface area contributed by atoms with Crippen molar-refractivity contribution in [2.45, 2.75) is 31.8 Å². The molecular formula is C16H16N2O5. The van der Waals surface area contributed by atoms with E-state index in [-0.39, 0.29) is 50.0 Å². The zero-order valence-electron chi connectivity index (χ0n) is 12.4. The second-order valence-electron chi connectivity index (χ2n) is 5.63. The first-order valence-electron chi connectivity index (χ1n) is 7.43. The third-order valence-electron chi connectivity index (χ3n) is 4.22. The number of imide groups is 1. The number of hydrogen-bond acceptors (Lipinski definition) is 5. The van der Waals surface area contributed by atoms with Gasteiger partial charge in [-0.05, 0) is 18.1 Å². The Labute approximate surface area is 132 Å². The van der Waals surface area contributed by atoms with Crippen LogP contribution in [0.5, 0.6) is 0 Å². The van der Waals surface area contributed by atoms with Gasteiger partial charge in [0.05, 0.1) is 6.61 Å². The minimum atomic E-state index is -0.701. The molecule has 0 radical (unpaired) electrons. The van der Waals surface area contributed by atoms with E-state index >= 15 is 0 Å². The summed E-state index contributed by atoms with van der Waals surface area (Å²) in [5.74, 6) is -1.37. The lowest BCUT2D eigenvalue weighted by molar-refractivity contribution is -0.136. The third kappa shape index (κ3) is 2.63. The Bertz CT molecular complexity index is 712. The summed E-state index contributed by atoms with van der Waals surface area (Å²) >= 11 is 0. The average Bonchev–Trinajstić information content (AvgIpc) is 2.85. The van der Waals surface area contributed by atoms with Crippen LogP contribution in [0.25, 0.3) is 0 Å². The van der Waals surface area contributed by atoms with Gasteiger partial charge < -0.3 is 10.0 Å². The Kier molecular flexibility index (Phi) is 3.96. The highest BCUT2D eigenvalue weighted by atomic mass is 16.3. The molecule has 120 valence electrons. The molecule has 3 rings (SSSR count). The van der Waals surface area contributed by atoms with Gasteiger partial charge in [-0.1, -0.05) is 12.1 Å². The molecule has 23 heavy (non-hydrogen) atoms. The minimum absolute atomic E-state index is 0.0109. The minimum Gasteiger partial charge on any atom is -0.396 e. The van der Waals surface area contributed by atoms with Crippen LogP contribution >= 0.6 is 0 Å². The highest BCUT2D eigenvalue weighted by Gasteiger charge is 2.40. The van der Waals surface area contributed by atoms with E-state index < -0.39 is 11.9 Å². The molecule has 0 saturated carbocycles. The predicted octanol–water partition coefficient (Wildman–Crippen LogP) is 0.0127. The molecule has 3 amide bonds. The van der Waals surface area contributed by atoms with Gasteiger partial charge >= 0.3 is 0 Å². The van der Waals surface area contributed by atoms with Gasteiger partial charge in [0, 0.05) is 30.5 Å². The molecule has 7 nitrogen and oxygen atoms in total. The summed E-state index contributed by atoms with van der Waals surface area (Å²) in [5.41, 5.74) is 1.39. The van der Waals surface area contributed by atoms with Crippen LogP contribution in [0, 0.1) is 0 Å². The number of nitrogens with zero attached hydrogens (tertiary/aromatic N) is 1. The molecule has 2 aliphatic rings. The van der Waals surface area contributed by atoms with E-state index in [0.29, 0.717) is 16.7 Å². The van der Waals surface area contributed by atoms with Gasteiger partial charge in [-0.2, -0.15) is 0 Å². The standard InChI is InChI=1S/C16H16N2O5/c19-7-6-13(20)9-2-1-3-10-11(9)8-18(16(10)23)12-4-5-14(21)17-15(12)22/h1-3,12,19H,4-8H2,(H,17,21,22). The molecule has 7 heteroatoms. The first-order valence-corrected chi connectivity index (χ1v) is 7.43. The summed E-state index contributed by atoms with van der Waals surface area (Å²) < 4.78 is 0. The number of nitrogens with one attached hydrogen (secondary N) is 1. The Balaban J connectivity index is 1.90. The van der Waals surface area contributed by atoms with Gasteiger partial charge in [0.1, 0.15) is 6.04 Å². The molecule has 1 aromatic rings. The lowest BCUT2D eigenvalue weighted by atomic mass is 9.99. The van der Waals surface area contributed by atoms with E-state index in [1.165, 1.54) is 4.90 Å². The number of ketones is 1. The van der Waals surface area contributed by atoms with Crippen molar-refractivity contribution in [1.82, 2.24) is 10.2 Å². The van der Waals surface area contributed by atoms with Gasteiger partial charge in [0.15, 0.2) is 5.78 Å². The van der Waals surface area contributed by atoms with Gasteiger partial charge in [-0.3, -0.25) is 24.5 Å². The Morgan fingerprint density at radius 1 is 1.30 bits per heavy atom. The largest absolute Gasteiger partial charge is 0.396 e. The monoisotopic (exact) mass is 316 g/mol. The second-order valence-corrected chi connectivity index (χ2v) is 5.63. The van der Waals surface area contributed by atoms with Gasteiger partial charge in [0.2, 0.25) is 11.8 Å². The Hall–Kier alpha value is -2.54. The maximum Gasteiger partial charge on any atom is 0.255 e. The first-order chi connectivity index (χ1) is 11.0. The number of carbonyl (C=O) groups excluding carboxylic acids is 4. The zero-order valence-corrected chi connectivity index (χ0v) is 12.4. The normalized spacial score (nSPS) is 20.5. The number of hydrogen-bond donors (Lipinski definition) is 2. The summed E-state index contributed by atoms with van der Waals surface area (Å²) in [4.78, 5) is 49.3. The summed E-state index contributed by atoms with van der Waals surface area (Å²) in [6, 6.07) is 4.17. The molecule has 1 fully saturated rings. The van der Waals surface area contributed by atoms with Crippen LogP contribution in [0.3, 0.4) is 0 Å². The third-order valence-corrected chi connectivity index (χ3v) is 4.22. The number of amides is 3. The molecule has 1 aromatic carbocycles. The molecule has 1 unspecified atom stereocenters. The molecule has 2 aliphatic heterocycles. The SMILES string of the molecule is O=C1CCC(N2Cc3c(C(=O)CCO)cccc3C2=O)C(=O)N1. The van der Waals surface area contributed by atoms with Gasteiger partial charge in [-0.15, -0.1) is 0 Å². The first kappa shape index (κ1) is 15.4. The van der Waals surface area contributed by atoms with Crippen LogP contribution in [0.1, 0.15) is 45.5 Å². The van der Waals surface area contributed by atoms with Crippen molar-refractivity contribution in [3.63, 3.8) is 0 Å². The van der Waals surface area contributed by atoms with Crippen LogP contribution in [0.15, 0.2) is 18.2 Å². The maximum atomic E-state index is 12.6. The smallest absolute Gasteiger partial charge is 0.255 e. The lowest BCUT2D eigenvalue weighted by Gasteiger charge is -2.29. The summed E-state index contributed by atoms with van der Waals surface area (Å²) in [6.07, 6.45) is 0.459. The lowest BCUT2D eigenvalue weighted by Crippen LogP contribution is -2.52. The van der Waals surface area contributed by atoms with E-state index in [9.17, 15) is 19.2 Å². The molecule has 2 N–H and O–H groups in total. The average molecular weight is 316 g/mol. The van der Waals surface area contributed by atoms with E-state index in [4.69, 9.17) is 5.11 Å². The van der Waals surface area contributed by atoms with Crippen molar-refractivity contribution < 1.29 is 24.3 Å². The molecule has 1 saturated heterocycles. The number of carbonyl (C=O) groups is 4. The molecule has 0 spiro atoms. The number of fused-ring (bicyclic) bond motifs is 1. The van der Waals surface area contributed by atoms with Crippen LogP contribution in [0.4, 0.5) is 0 Å². The quantitative estimate of drug-likeness (QED) is 0.602. The van der Waals surface area contributed by atoms with Crippen molar-refractivity contribution in [2.75, 3.05) is 6.61 Å². The van der Waals surface area contributed by atoms with Crippen molar-refractivity contribution in [3.8, 4) is 0 Å². The van der Waals surface area contributed by atoms with Crippen molar-refractivity contribution >= 4 is 23.5 Å². The van der Waals surface area contributed by atoms with E-state index in [1.54, 1.807) is 18.2 Å². The van der Waals surface area contributed by atoms with Crippen molar-refractivity contribution in [1.29, 1.82) is 0 Å². The second kappa shape index (κ2) is 5.92. The fraction of sp³-hybridized carbons (Fsp3) is 0.375. The summed E-state index contributed by atoms with van der Waals surface area (Å²) in [6.45, 7) is -0.0961. The van der Waals surface area contributed by atoms with Crippen LogP contribution in [-0.2, 0) is 16.1 Å². The maximum absolute atomic E-state index is 12.6. The molecule has 0 aromatic heterocycles. The zero-order chi connectivity index (χ0) is 16.6. The number of Topliss-reactive ketones (excluding diaryl/α,β-unsaturated/α-hetero) is 1. The summed E-state index contributed by atoms with van der Waals surface area (Å²) in [5, 5.41) is 11.2. The molecular weight excluding hydrogens is 300 g/mol. The van der Waals surface area contributed by atoms with E-state index in [1.807, 2.05) is 0 Å². The van der Waals surface area contributed by atoms with E-state index in [0.717, 1.165) is 0 Å². The molecule has 1 atom stereocenters. The van der Waals surface area contributed by atoms with Gasteiger partial charge in [-0.25, -0.2) is 0 Å². The van der Waals surface area contributed by atoms with Crippen LogP contribution in [0.2, 0.25) is 0 Å². The number of aliphatic hydroxyl groups is 1. The number of aliphatic hydroxyl groups excluding tert-OH is 1. The fourth-order valence-corrected chi connectivity index (χ4v) is 3.08.